The summed E-state index contributed by atoms with van der Waals surface area (Å²) >= 11 is 6.37. The van der Waals surface area contributed by atoms with Crippen LogP contribution in [0.3, 0.4) is 0 Å². The largest absolute Gasteiger partial charge is 0.484 e. The monoisotopic (exact) mass is 503 g/mol. The summed E-state index contributed by atoms with van der Waals surface area (Å²) in [5.74, 6) is -0.567. The van der Waals surface area contributed by atoms with Crippen molar-refractivity contribution in [1.29, 1.82) is 0 Å². The molecular weight excluding hydrogens is 482 g/mol. The lowest BCUT2D eigenvalue weighted by atomic mass is 10.2. The molecule has 1 fully saturated rings. The smallest absolute Gasteiger partial charge is 0.285 e. The van der Waals surface area contributed by atoms with E-state index in [-0.39, 0.29) is 16.8 Å². The summed E-state index contributed by atoms with van der Waals surface area (Å²) in [6.45, 7) is 1.79. The number of amides is 3. The van der Waals surface area contributed by atoms with Crippen molar-refractivity contribution < 1.29 is 19.1 Å². The number of hydrazine groups is 1. The number of thioether (sulfide) groups is 1. The highest BCUT2D eigenvalue weighted by molar-refractivity contribution is 8.26. The first-order valence-electron chi connectivity index (χ1n) is 10.6. The van der Waals surface area contributed by atoms with E-state index in [0.29, 0.717) is 16.2 Å². The summed E-state index contributed by atoms with van der Waals surface area (Å²) in [4.78, 5) is 37.7. The van der Waals surface area contributed by atoms with Gasteiger partial charge in [0.05, 0.1) is 4.91 Å². The molecule has 1 heterocycles. The first kappa shape index (κ1) is 24.2. The van der Waals surface area contributed by atoms with E-state index < -0.39 is 11.8 Å². The number of thiocarbonyl (C=S) groups is 1. The standard InChI is InChI=1S/C26H21N3O4S2/c1-17-7-5-6-10-21(17)27-23(30)16-33-20-13-11-18(12-14-20)15-22-25(32)29(26(34)35-22)28-24(31)19-8-3-2-4-9-19/h2-15H,16H2,1H3,(H,27,30)(H,28,31)/b22-15-. The molecular formula is C26H21N3O4S2. The van der Waals surface area contributed by atoms with Crippen LogP contribution in [0.4, 0.5) is 5.69 Å². The minimum atomic E-state index is -0.420. The van der Waals surface area contributed by atoms with E-state index in [0.717, 1.165) is 33.6 Å². The van der Waals surface area contributed by atoms with Gasteiger partial charge in [-0.3, -0.25) is 19.8 Å². The molecule has 4 rings (SSSR count). The van der Waals surface area contributed by atoms with Gasteiger partial charge in [0.25, 0.3) is 17.7 Å². The molecule has 0 radical (unpaired) electrons. The number of carbonyl (C=O) groups excluding carboxylic acids is 3. The van der Waals surface area contributed by atoms with Crippen LogP contribution in [-0.2, 0) is 9.59 Å². The normalized spacial score (nSPS) is 14.2. The maximum absolute atomic E-state index is 12.8. The van der Waals surface area contributed by atoms with E-state index in [2.05, 4.69) is 10.7 Å². The zero-order chi connectivity index (χ0) is 24.8. The van der Waals surface area contributed by atoms with Gasteiger partial charge in [-0.2, -0.15) is 5.01 Å². The molecule has 9 heteroatoms. The third-order valence-corrected chi connectivity index (χ3v) is 6.31. The highest BCUT2D eigenvalue weighted by Gasteiger charge is 2.33. The Balaban J connectivity index is 1.34. The number of aryl methyl sites for hydroxylation is 1. The molecule has 0 aromatic heterocycles. The maximum atomic E-state index is 12.8. The van der Waals surface area contributed by atoms with Crippen molar-refractivity contribution >= 4 is 57.8 Å². The number of nitrogens with one attached hydrogen (secondary N) is 2. The summed E-state index contributed by atoms with van der Waals surface area (Å²) in [6.07, 6.45) is 1.68. The lowest BCUT2D eigenvalue weighted by Gasteiger charge is -2.15. The topological polar surface area (TPSA) is 87.7 Å². The van der Waals surface area contributed by atoms with Crippen LogP contribution in [0.15, 0.2) is 83.8 Å². The molecule has 3 aromatic rings. The molecule has 0 bridgehead atoms. The van der Waals surface area contributed by atoms with Crippen LogP contribution in [0, 0.1) is 6.92 Å². The van der Waals surface area contributed by atoms with E-state index in [1.807, 2.05) is 31.2 Å². The fourth-order valence-corrected chi connectivity index (χ4v) is 4.36. The zero-order valence-electron chi connectivity index (χ0n) is 18.7. The summed E-state index contributed by atoms with van der Waals surface area (Å²) in [5, 5.41) is 3.89. The Bertz CT molecular complexity index is 1310. The van der Waals surface area contributed by atoms with Crippen molar-refractivity contribution in [2.45, 2.75) is 6.92 Å². The molecule has 0 unspecified atom stereocenters. The third-order valence-electron chi connectivity index (χ3n) is 5.01. The van der Waals surface area contributed by atoms with Crippen molar-refractivity contribution in [2.24, 2.45) is 0 Å². The first-order chi connectivity index (χ1) is 16.9. The zero-order valence-corrected chi connectivity index (χ0v) is 20.3. The Morgan fingerprint density at radius 3 is 2.40 bits per heavy atom. The van der Waals surface area contributed by atoms with Crippen molar-refractivity contribution in [1.82, 2.24) is 10.4 Å². The minimum Gasteiger partial charge on any atom is -0.484 e. The van der Waals surface area contributed by atoms with E-state index in [9.17, 15) is 14.4 Å². The molecule has 1 aliphatic rings. The summed E-state index contributed by atoms with van der Waals surface area (Å²) in [7, 11) is 0. The second kappa shape index (κ2) is 11.0. The second-order valence-corrected chi connectivity index (χ2v) is 9.22. The van der Waals surface area contributed by atoms with E-state index in [4.69, 9.17) is 17.0 Å². The van der Waals surface area contributed by atoms with Gasteiger partial charge in [-0.25, -0.2) is 0 Å². The summed E-state index contributed by atoms with van der Waals surface area (Å²) in [6, 6.07) is 23.1. The number of ether oxygens (including phenoxy) is 1. The van der Waals surface area contributed by atoms with Gasteiger partial charge >= 0.3 is 0 Å². The fourth-order valence-electron chi connectivity index (χ4n) is 3.18. The van der Waals surface area contributed by atoms with E-state index in [1.54, 1.807) is 60.7 Å². The molecule has 0 saturated carbocycles. The van der Waals surface area contributed by atoms with Crippen LogP contribution in [0.1, 0.15) is 21.5 Å². The molecule has 35 heavy (non-hydrogen) atoms. The number of hydrogen-bond donors (Lipinski definition) is 2. The molecule has 0 aliphatic carbocycles. The number of carbonyl (C=O) groups is 3. The van der Waals surface area contributed by atoms with Crippen molar-refractivity contribution in [3.05, 3.63) is 100 Å². The van der Waals surface area contributed by atoms with E-state index >= 15 is 0 Å². The van der Waals surface area contributed by atoms with Crippen LogP contribution in [0.25, 0.3) is 6.08 Å². The SMILES string of the molecule is Cc1ccccc1NC(=O)COc1ccc(/C=C2\SC(=S)N(NC(=O)c3ccccc3)C2=O)cc1. The molecule has 1 aliphatic heterocycles. The molecule has 7 nitrogen and oxygen atoms in total. The Labute approximate surface area is 212 Å². The van der Waals surface area contributed by atoms with Crippen LogP contribution >= 0.6 is 24.0 Å². The summed E-state index contributed by atoms with van der Waals surface area (Å²) in [5.41, 5.74) is 5.44. The van der Waals surface area contributed by atoms with Gasteiger partial charge in [-0.1, -0.05) is 60.3 Å². The van der Waals surface area contributed by atoms with Crippen molar-refractivity contribution in [3.8, 4) is 5.75 Å². The molecule has 1 saturated heterocycles. The number of nitrogens with zero attached hydrogens (tertiary/aromatic N) is 1. The number of anilines is 1. The average Bonchev–Trinajstić information content (AvgIpc) is 3.12. The minimum absolute atomic E-state index is 0.131. The van der Waals surface area contributed by atoms with Gasteiger partial charge in [-0.05, 0) is 66.7 Å². The molecule has 0 atom stereocenters. The third kappa shape index (κ3) is 6.14. The van der Waals surface area contributed by atoms with Gasteiger partial charge in [0.1, 0.15) is 5.75 Å². The maximum Gasteiger partial charge on any atom is 0.285 e. The van der Waals surface area contributed by atoms with Crippen LogP contribution in [-0.4, -0.2) is 33.7 Å². The van der Waals surface area contributed by atoms with Crippen LogP contribution in [0.2, 0.25) is 0 Å². The Morgan fingerprint density at radius 1 is 1.00 bits per heavy atom. The van der Waals surface area contributed by atoms with Crippen LogP contribution < -0.4 is 15.5 Å². The van der Waals surface area contributed by atoms with Gasteiger partial charge in [0.2, 0.25) is 0 Å². The van der Waals surface area contributed by atoms with Crippen LogP contribution in [0.5, 0.6) is 5.75 Å². The average molecular weight is 504 g/mol. The molecule has 0 spiro atoms. The van der Waals surface area contributed by atoms with Gasteiger partial charge < -0.3 is 10.1 Å². The predicted molar refractivity (Wildman–Crippen MR) is 141 cm³/mol. The van der Waals surface area contributed by atoms with Gasteiger partial charge in [-0.15, -0.1) is 0 Å². The van der Waals surface area contributed by atoms with Crippen molar-refractivity contribution in [3.63, 3.8) is 0 Å². The fraction of sp³-hybridized carbons (Fsp3) is 0.0769. The quantitative estimate of drug-likeness (QED) is 0.363. The Kier molecular flexibility index (Phi) is 7.59. The van der Waals surface area contributed by atoms with E-state index in [1.165, 1.54) is 0 Å². The number of hydrogen-bond acceptors (Lipinski definition) is 6. The molecule has 3 amide bonds. The Hall–Kier alpha value is -3.95. The number of benzene rings is 3. The van der Waals surface area contributed by atoms with Gasteiger partial charge in [0, 0.05) is 11.3 Å². The predicted octanol–water partition coefficient (Wildman–Crippen LogP) is 4.56. The highest BCUT2D eigenvalue weighted by Crippen LogP contribution is 2.31. The van der Waals surface area contributed by atoms with Crippen molar-refractivity contribution in [2.75, 3.05) is 11.9 Å². The van der Waals surface area contributed by atoms with Gasteiger partial charge in [0.15, 0.2) is 10.9 Å². The summed E-state index contributed by atoms with van der Waals surface area (Å²) < 4.78 is 5.81. The lowest BCUT2D eigenvalue weighted by molar-refractivity contribution is -0.123. The first-order valence-corrected chi connectivity index (χ1v) is 11.9. The number of para-hydroxylation sites is 1. The number of rotatable bonds is 7. The molecule has 2 N–H and O–H groups in total. The highest BCUT2D eigenvalue weighted by atomic mass is 32.2. The lowest BCUT2D eigenvalue weighted by Crippen LogP contribution is -2.44. The second-order valence-electron chi connectivity index (χ2n) is 7.54. The molecule has 176 valence electrons. The Morgan fingerprint density at radius 2 is 1.69 bits per heavy atom. The molecule has 3 aromatic carbocycles.